The predicted octanol–water partition coefficient (Wildman–Crippen LogP) is 3.06. The normalized spacial score (nSPS) is 25.1. The van der Waals surface area contributed by atoms with E-state index in [0.717, 1.165) is 61.8 Å². The molecule has 2 aromatic heterocycles. The minimum atomic E-state index is -4.20. The van der Waals surface area contributed by atoms with Crippen LogP contribution in [0.4, 0.5) is 19.0 Å². The molecular weight excluding hydrogens is 387 g/mol. The summed E-state index contributed by atoms with van der Waals surface area (Å²) in [4.78, 5) is 14.2. The molecule has 5 nitrogen and oxygen atoms in total. The van der Waals surface area contributed by atoms with Gasteiger partial charge in [-0.3, -0.25) is 0 Å². The number of nitrogens with zero attached hydrogens (tertiary/aromatic N) is 4. The lowest BCUT2D eigenvalue weighted by Crippen LogP contribution is -2.73. The molecule has 5 rings (SSSR count). The number of anilines is 1. The van der Waals surface area contributed by atoms with Gasteiger partial charge in [0.25, 0.3) is 0 Å². The summed E-state index contributed by atoms with van der Waals surface area (Å²) in [7, 11) is 0. The van der Waals surface area contributed by atoms with E-state index >= 15 is 0 Å². The zero-order chi connectivity index (χ0) is 19.4. The third kappa shape index (κ3) is 3.59. The zero-order valence-corrected chi connectivity index (χ0v) is 16.5. The first-order valence-corrected chi connectivity index (χ1v) is 10.7. The molecule has 3 aliphatic rings. The summed E-state index contributed by atoms with van der Waals surface area (Å²) in [5.74, 6) is 0.785. The number of halogens is 3. The van der Waals surface area contributed by atoms with Crippen molar-refractivity contribution in [2.24, 2.45) is 5.41 Å². The number of fused-ring (bicyclic) bond motifs is 1. The highest BCUT2D eigenvalue weighted by Crippen LogP contribution is 2.44. The molecule has 1 atom stereocenters. The molecule has 0 saturated carbocycles. The molecule has 0 amide bonds. The van der Waals surface area contributed by atoms with E-state index in [9.17, 15) is 13.2 Å². The number of nitrogens with one attached hydrogen (secondary N) is 1. The molecule has 0 aromatic carbocycles. The van der Waals surface area contributed by atoms with Crippen LogP contribution in [-0.4, -0.2) is 66.4 Å². The first-order chi connectivity index (χ1) is 13.4. The molecule has 28 heavy (non-hydrogen) atoms. The summed E-state index contributed by atoms with van der Waals surface area (Å²) < 4.78 is 38.2. The average Bonchev–Trinajstić information content (AvgIpc) is 2.97. The van der Waals surface area contributed by atoms with E-state index in [-0.39, 0.29) is 0 Å². The highest BCUT2D eigenvalue weighted by atomic mass is 32.1. The van der Waals surface area contributed by atoms with Crippen molar-refractivity contribution in [1.29, 1.82) is 0 Å². The smallest absolute Gasteiger partial charge is 0.355 e. The van der Waals surface area contributed by atoms with Crippen molar-refractivity contribution in [3.8, 4) is 0 Å². The SMILES string of the molecule is FC(F)(F)Cc1cc2c(N3CC4(CN(CC5CCCCN5)C4)C3)ncnc2s1. The molecule has 9 heteroatoms. The van der Waals surface area contributed by atoms with Crippen LogP contribution in [0.2, 0.25) is 0 Å². The van der Waals surface area contributed by atoms with Crippen LogP contribution < -0.4 is 10.2 Å². The van der Waals surface area contributed by atoms with E-state index in [1.165, 1.54) is 25.6 Å². The summed E-state index contributed by atoms with van der Waals surface area (Å²) in [6.45, 7) is 6.34. The Labute approximate surface area is 165 Å². The standard InChI is InChI=1S/C19H24F3N5S/c20-19(21,22)6-14-5-15-16(24-12-25-17(15)28-14)27-10-18(11-27)8-26(9-18)7-13-3-1-2-4-23-13/h5,12-13,23H,1-4,6-11H2. The van der Waals surface area contributed by atoms with Gasteiger partial charge in [-0.05, 0) is 25.5 Å². The molecular formula is C19H24F3N5S. The van der Waals surface area contributed by atoms with E-state index < -0.39 is 12.6 Å². The van der Waals surface area contributed by atoms with Gasteiger partial charge in [-0.25, -0.2) is 9.97 Å². The fourth-order valence-corrected chi connectivity index (χ4v) is 5.99. The third-order valence-electron chi connectivity index (χ3n) is 6.10. The van der Waals surface area contributed by atoms with Gasteiger partial charge < -0.3 is 15.1 Å². The maximum Gasteiger partial charge on any atom is 0.393 e. The lowest BCUT2D eigenvalue weighted by molar-refractivity contribution is -0.126. The zero-order valence-electron chi connectivity index (χ0n) is 15.6. The molecule has 3 aliphatic heterocycles. The molecule has 1 spiro atoms. The molecule has 2 aromatic rings. The molecule has 1 N–H and O–H groups in total. The molecule has 0 aliphatic carbocycles. The molecule has 1 unspecified atom stereocenters. The third-order valence-corrected chi connectivity index (χ3v) is 7.14. The van der Waals surface area contributed by atoms with Gasteiger partial charge in [-0.15, -0.1) is 11.3 Å². The topological polar surface area (TPSA) is 44.3 Å². The Morgan fingerprint density at radius 2 is 2.00 bits per heavy atom. The molecule has 3 fully saturated rings. The Morgan fingerprint density at radius 1 is 1.18 bits per heavy atom. The average molecular weight is 411 g/mol. The number of hydrogen-bond donors (Lipinski definition) is 1. The van der Waals surface area contributed by atoms with Crippen LogP contribution in [0.3, 0.4) is 0 Å². The van der Waals surface area contributed by atoms with E-state index in [0.29, 0.717) is 21.2 Å². The minimum absolute atomic E-state index is 0.300. The Hall–Kier alpha value is -1.45. The second-order valence-electron chi connectivity index (χ2n) is 8.59. The van der Waals surface area contributed by atoms with Crippen LogP contribution in [0.25, 0.3) is 10.2 Å². The van der Waals surface area contributed by atoms with Crippen molar-refractivity contribution < 1.29 is 13.2 Å². The van der Waals surface area contributed by atoms with Gasteiger partial charge in [0.1, 0.15) is 17.0 Å². The highest BCUT2D eigenvalue weighted by Gasteiger charge is 2.52. The van der Waals surface area contributed by atoms with Gasteiger partial charge in [0, 0.05) is 49.1 Å². The molecule has 0 bridgehead atoms. The van der Waals surface area contributed by atoms with Crippen LogP contribution >= 0.6 is 11.3 Å². The van der Waals surface area contributed by atoms with Crippen molar-refractivity contribution in [3.05, 3.63) is 17.3 Å². The number of aromatic nitrogens is 2. The number of likely N-dealkylation sites (tertiary alicyclic amines) is 1. The van der Waals surface area contributed by atoms with Crippen molar-refractivity contribution in [1.82, 2.24) is 20.2 Å². The van der Waals surface area contributed by atoms with E-state index in [1.54, 1.807) is 6.07 Å². The number of alkyl halides is 3. The highest BCUT2D eigenvalue weighted by molar-refractivity contribution is 7.18. The van der Waals surface area contributed by atoms with Gasteiger partial charge in [-0.1, -0.05) is 6.42 Å². The molecule has 0 radical (unpaired) electrons. The summed E-state index contributed by atoms with van der Waals surface area (Å²) in [6, 6.07) is 2.25. The maximum absolute atomic E-state index is 12.7. The van der Waals surface area contributed by atoms with Crippen molar-refractivity contribution in [2.75, 3.05) is 44.2 Å². The summed E-state index contributed by atoms with van der Waals surface area (Å²) >= 11 is 1.12. The van der Waals surface area contributed by atoms with E-state index in [1.807, 2.05) is 0 Å². The Bertz CT molecular complexity index is 847. The Morgan fingerprint density at radius 3 is 2.71 bits per heavy atom. The second-order valence-corrected chi connectivity index (χ2v) is 9.71. The summed E-state index contributed by atoms with van der Waals surface area (Å²) in [5.41, 5.74) is 0.330. The summed E-state index contributed by atoms with van der Waals surface area (Å²) in [6.07, 6.45) is 0.256. The van der Waals surface area contributed by atoms with Gasteiger partial charge in [0.2, 0.25) is 0 Å². The predicted molar refractivity (Wildman–Crippen MR) is 104 cm³/mol. The van der Waals surface area contributed by atoms with Gasteiger partial charge >= 0.3 is 6.18 Å². The van der Waals surface area contributed by atoms with Crippen LogP contribution in [0.15, 0.2) is 12.4 Å². The number of piperidine rings is 1. The number of rotatable bonds is 4. The fourth-order valence-electron chi connectivity index (χ4n) is 4.97. The summed E-state index contributed by atoms with van der Waals surface area (Å²) in [5, 5.41) is 4.36. The van der Waals surface area contributed by atoms with Crippen molar-refractivity contribution in [2.45, 2.75) is 37.9 Å². The Balaban J connectivity index is 1.21. The first kappa shape index (κ1) is 18.6. The van der Waals surface area contributed by atoms with Crippen LogP contribution in [0.1, 0.15) is 24.1 Å². The number of thiophene rings is 1. The largest absolute Gasteiger partial charge is 0.393 e. The van der Waals surface area contributed by atoms with Crippen LogP contribution in [-0.2, 0) is 6.42 Å². The second kappa shape index (κ2) is 6.81. The molecule has 5 heterocycles. The van der Waals surface area contributed by atoms with Crippen molar-refractivity contribution in [3.63, 3.8) is 0 Å². The van der Waals surface area contributed by atoms with Crippen LogP contribution in [0, 0.1) is 5.41 Å². The van der Waals surface area contributed by atoms with Gasteiger partial charge in [-0.2, -0.15) is 13.2 Å². The van der Waals surface area contributed by atoms with Crippen LogP contribution in [0.5, 0.6) is 0 Å². The molecule has 3 saturated heterocycles. The van der Waals surface area contributed by atoms with E-state index in [4.69, 9.17) is 0 Å². The maximum atomic E-state index is 12.7. The number of hydrogen-bond acceptors (Lipinski definition) is 6. The van der Waals surface area contributed by atoms with Gasteiger partial charge in [0.15, 0.2) is 0 Å². The quantitative estimate of drug-likeness (QED) is 0.838. The lowest BCUT2D eigenvalue weighted by Gasteiger charge is -2.61. The first-order valence-electron chi connectivity index (χ1n) is 9.90. The van der Waals surface area contributed by atoms with Gasteiger partial charge in [0.05, 0.1) is 11.8 Å². The molecule has 152 valence electrons. The lowest BCUT2D eigenvalue weighted by atomic mass is 9.72. The Kier molecular flexibility index (Phi) is 4.52. The van der Waals surface area contributed by atoms with E-state index in [2.05, 4.69) is 25.1 Å². The minimum Gasteiger partial charge on any atom is -0.355 e. The van der Waals surface area contributed by atoms with Crippen molar-refractivity contribution >= 4 is 27.4 Å². The monoisotopic (exact) mass is 411 g/mol. The fraction of sp³-hybridized carbons (Fsp3) is 0.684.